The van der Waals surface area contributed by atoms with E-state index in [9.17, 15) is 0 Å². The van der Waals surface area contributed by atoms with Gasteiger partial charge in [0.1, 0.15) is 0 Å². The third kappa shape index (κ3) is 4.63. The predicted molar refractivity (Wildman–Crippen MR) is 77.3 cm³/mol. The van der Waals surface area contributed by atoms with Crippen LogP contribution in [0.1, 0.15) is 13.3 Å². The summed E-state index contributed by atoms with van der Waals surface area (Å²) in [5.74, 6) is 0.477. The number of hydrogen-bond donors (Lipinski definition) is 2. The molecule has 0 heterocycles. The van der Waals surface area contributed by atoms with E-state index >= 15 is 0 Å². The van der Waals surface area contributed by atoms with Gasteiger partial charge in [-0.05, 0) is 30.7 Å². The second-order valence-corrected chi connectivity index (χ2v) is 4.27. The molecule has 0 amide bonds. The quantitative estimate of drug-likeness (QED) is 0.649. The number of guanidine groups is 2. The summed E-state index contributed by atoms with van der Waals surface area (Å²) >= 11 is 5.77. The zero-order valence-electron chi connectivity index (χ0n) is 10.6. The lowest BCUT2D eigenvalue weighted by Gasteiger charge is -2.16. The van der Waals surface area contributed by atoms with Crippen LogP contribution < -0.4 is 11.5 Å². The molecular formula is C12H18ClN5. The molecule has 0 fully saturated rings. The van der Waals surface area contributed by atoms with Gasteiger partial charge in [-0.2, -0.15) is 4.99 Å². The third-order valence-electron chi connectivity index (χ3n) is 2.25. The topological polar surface area (TPSA) is 80.0 Å². The molecule has 0 saturated carbocycles. The molecule has 4 N–H and O–H groups in total. The SMILES string of the molecule is CCCN(C)C(N)=NC(N)=Nc1ccc(Cl)cc1. The van der Waals surface area contributed by atoms with Gasteiger partial charge < -0.3 is 16.4 Å². The summed E-state index contributed by atoms with van der Waals surface area (Å²) in [7, 11) is 1.86. The highest BCUT2D eigenvalue weighted by molar-refractivity contribution is 6.30. The lowest BCUT2D eigenvalue weighted by molar-refractivity contribution is 0.496. The van der Waals surface area contributed by atoms with E-state index in [1.807, 2.05) is 11.9 Å². The molecule has 0 saturated heterocycles. The Kier molecular flexibility index (Phi) is 5.45. The summed E-state index contributed by atoms with van der Waals surface area (Å²) in [6, 6.07) is 7.00. The molecule has 0 atom stereocenters. The van der Waals surface area contributed by atoms with Crippen molar-refractivity contribution in [1.82, 2.24) is 4.90 Å². The molecule has 0 bridgehead atoms. The van der Waals surface area contributed by atoms with Crippen LogP contribution in [-0.2, 0) is 0 Å². The molecule has 0 radical (unpaired) electrons. The summed E-state index contributed by atoms with van der Waals surface area (Å²) in [5.41, 5.74) is 12.2. The number of nitrogens with zero attached hydrogens (tertiary/aromatic N) is 3. The van der Waals surface area contributed by atoms with Gasteiger partial charge in [0.2, 0.25) is 5.96 Å². The number of rotatable bonds is 3. The number of halogens is 1. The Hall–Kier alpha value is -1.75. The van der Waals surface area contributed by atoms with Crippen molar-refractivity contribution < 1.29 is 0 Å². The van der Waals surface area contributed by atoms with Crippen molar-refractivity contribution in [2.24, 2.45) is 21.5 Å². The third-order valence-corrected chi connectivity index (χ3v) is 2.50. The Bertz CT molecular complexity index is 438. The Morgan fingerprint density at radius 2 is 1.89 bits per heavy atom. The second-order valence-electron chi connectivity index (χ2n) is 3.84. The molecule has 0 spiro atoms. The molecule has 0 unspecified atom stereocenters. The molecule has 18 heavy (non-hydrogen) atoms. The van der Waals surface area contributed by atoms with E-state index in [-0.39, 0.29) is 5.96 Å². The van der Waals surface area contributed by atoms with Crippen LogP contribution in [-0.4, -0.2) is 30.4 Å². The minimum absolute atomic E-state index is 0.123. The minimum Gasteiger partial charge on any atom is -0.369 e. The fourth-order valence-corrected chi connectivity index (χ4v) is 1.45. The Morgan fingerprint density at radius 3 is 2.44 bits per heavy atom. The van der Waals surface area contributed by atoms with Crippen molar-refractivity contribution in [1.29, 1.82) is 0 Å². The highest BCUT2D eigenvalue weighted by atomic mass is 35.5. The summed E-state index contributed by atoms with van der Waals surface area (Å²) in [4.78, 5) is 9.98. The average molecular weight is 268 g/mol. The molecule has 1 aromatic carbocycles. The maximum atomic E-state index is 5.78. The summed E-state index contributed by atoms with van der Waals surface area (Å²) in [6.45, 7) is 2.89. The summed E-state index contributed by atoms with van der Waals surface area (Å²) < 4.78 is 0. The highest BCUT2D eigenvalue weighted by Gasteiger charge is 2.01. The first-order chi connectivity index (χ1) is 8.52. The lowest BCUT2D eigenvalue weighted by Crippen LogP contribution is -2.36. The van der Waals surface area contributed by atoms with Crippen LogP contribution in [0.15, 0.2) is 34.3 Å². The van der Waals surface area contributed by atoms with Gasteiger partial charge in [-0.3, -0.25) is 0 Å². The van der Waals surface area contributed by atoms with Gasteiger partial charge >= 0.3 is 0 Å². The van der Waals surface area contributed by atoms with Crippen molar-refractivity contribution in [2.75, 3.05) is 13.6 Å². The molecule has 0 aliphatic rings. The van der Waals surface area contributed by atoms with Gasteiger partial charge in [0.15, 0.2) is 5.96 Å². The zero-order valence-corrected chi connectivity index (χ0v) is 11.4. The fraction of sp³-hybridized carbons (Fsp3) is 0.333. The van der Waals surface area contributed by atoms with E-state index in [4.69, 9.17) is 23.1 Å². The largest absolute Gasteiger partial charge is 0.369 e. The summed E-state index contributed by atoms with van der Waals surface area (Å²) in [5, 5.41) is 0.651. The fourth-order valence-electron chi connectivity index (χ4n) is 1.33. The average Bonchev–Trinajstić information content (AvgIpc) is 2.32. The minimum atomic E-state index is 0.123. The smallest absolute Gasteiger partial charge is 0.223 e. The Balaban J connectivity index is 2.77. The highest BCUT2D eigenvalue weighted by Crippen LogP contribution is 2.15. The van der Waals surface area contributed by atoms with Crippen LogP contribution >= 0.6 is 11.6 Å². The van der Waals surface area contributed by atoms with Crippen molar-refractivity contribution in [2.45, 2.75) is 13.3 Å². The first kappa shape index (κ1) is 14.3. The number of hydrogen-bond acceptors (Lipinski definition) is 1. The molecule has 98 valence electrons. The van der Waals surface area contributed by atoms with Gasteiger partial charge in [0.25, 0.3) is 0 Å². The van der Waals surface area contributed by atoms with E-state index in [2.05, 4.69) is 16.9 Å². The molecule has 0 aliphatic heterocycles. The first-order valence-electron chi connectivity index (χ1n) is 5.68. The van der Waals surface area contributed by atoms with Crippen molar-refractivity contribution in [3.63, 3.8) is 0 Å². The number of benzene rings is 1. The lowest BCUT2D eigenvalue weighted by atomic mass is 10.3. The van der Waals surface area contributed by atoms with Crippen LogP contribution in [0.5, 0.6) is 0 Å². The molecule has 0 aromatic heterocycles. The summed E-state index contributed by atoms with van der Waals surface area (Å²) in [6.07, 6.45) is 0.987. The molecule has 0 aliphatic carbocycles. The van der Waals surface area contributed by atoms with E-state index in [1.165, 1.54) is 0 Å². The van der Waals surface area contributed by atoms with Gasteiger partial charge in [-0.15, -0.1) is 0 Å². The van der Waals surface area contributed by atoms with E-state index in [1.54, 1.807) is 24.3 Å². The van der Waals surface area contributed by atoms with Gasteiger partial charge in [0.05, 0.1) is 5.69 Å². The van der Waals surface area contributed by atoms with Crippen molar-refractivity contribution in [3.05, 3.63) is 29.3 Å². The van der Waals surface area contributed by atoms with Crippen LogP contribution in [0.4, 0.5) is 5.69 Å². The second kappa shape index (κ2) is 6.86. The van der Waals surface area contributed by atoms with E-state index < -0.39 is 0 Å². The van der Waals surface area contributed by atoms with Crippen LogP contribution in [0, 0.1) is 0 Å². The maximum absolute atomic E-state index is 5.78. The Labute approximate surface area is 112 Å². The number of aliphatic imine (C=N–C) groups is 2. The Morgan fingerprint density at radius 1 is 1.28 bits per heavy atom. The monoisotopic (exact) mass is 267 g/mol. The first-order valence-corrected chi connectivity index (χ1v) is 6.05. The van der Waals surface area contributed by atoms with Crippen LogP contribution in [0.3, 0.4) is 0 Å². The molecule has 1 aromatic rings. The molecule has 5 nitrogen and oxygen atoms in total. The molecular weight excluding hydrogens is 250 g/mol. The number of nitrogens with two attached hydrogens (primary N) is 2. The van der Waals surface area contributed by atoms with Crippen LogP contribution in [0.25, 0.3) is 0 Å². The van der Waals surface area contributed by atoms with Gasteiger partial charge in [0, 0.05) is 18.6 Å². The maximum Gasteiger partial charge on any atom is 0.223 e. The van der Waals surface area contributed by atoms with E-state index in [0.717, 1.165) is 13.0 Å². The van der Waals surface area contributed by atoms with Crippen molar-refractivity contribution >= 4 is 29.2 Å². The zero-order chi connectivity index (χ0) is 13.5. The molecule has 1 rings (SSSR count). The van der Waals surface area contributed by atoms with Gasteiger partial charge in [-0.1, -0.05) is 18.5 Å². The predicted octanol–water partition coefficient (Wildman–Crippen LogP) is 1.94. The normalized spacial score (nSPS) is 12.6. The van der Waals surface area contributed by atoms with Gasteiger partial charge in [-0.25, -0.2) is 4.99 Å². The van der Waals surface area contributed by atoms with Crippen molar-refractivity contribution in [3.8, 4) is 0 Å². The molecule has 6 heteroatoms. The van der Waals surface area contributed by atoms with E-state index in [0.29, 0.717) is 16.7 Å². The van der Waals surface area contributed by atoms with Crippen LogP contribution in [0.2, 0.25) is 5.02 Å². The standard InChI is InChI=1S/C12H18ClN5/c1-3-8-18(2)12(15)17-11(14)16-10-6-4-9(13)5-7-10/h4-7H,3,8H2,1-2H3,(H4,14,15,16,17).